The molecule has 0 fully saturated rings. The minimum Gasteiger partial charge on any atom is -0.309 e. The van der Waals surface area contributed by atoms with E-state index in [1.807, 2.05) is 0 Å². The molecule has 0 atom stereocenters. The molecule has 2 heterocycles. The number of benzene rings is 10. The van der Waals surface area contributed by atoms with E-state index in [9.17, 15) is 0 Å². The highest BCUT2D eigenvalue weighted by atomic mass is 15.0. The van der Waals surface area contributed by atoms with E-state index < -0.39 is 5.41 Å². The van der Waals surface area contributed by atoms with Gasteiger partial charge in [0.2, 0.25) is 0 Å². The average molecular weight is 803 g/mol. The Kier molecular flexibility index (Phi) is 8.76. The maximum Gasteiger partial charge on any atom is 0.0701 e. The van der Waals surface area contributed by atoms with Crippen molar-refractivity contribution in [1.82, 2.24) is 9.13 Å². The summed E-state index contributed by atoms with van der Waals surface area (Å²) in [4.78, 5) is 0. The third-order valence-corrected chi connectivity index (χ3v) is 13.1. The quantitative estimate of drug-likeness (QED) is 0.135. The molecule has 0 unspecified atom stereocenters. The van der Waals surface area contributed by atoms with E-state index in [0.29, 0.717) is 0 Å². The lowest BCUT2D eigenvalue weighted by atomic mass is 9.65. The van der Waals surface area contributed by atoms with E-state index in [2.05, 4.69) is 264 Å². The molecular weight excluding hydrogens is 761 g/mol. The fraction of sp³-hybridized carbons (Fsp3) is 0.0164. The zero-order valence-corrected chi connectivity index (χ0v) is 34.6. The monoisotopic (exact) mass is 802 g/mol. The Hall–Kier alpha value is -8.20. The van der Waals surface area contributed by atoms with Crippen LogP contribution in [0.4, 0.5) is 0 Å². The van der Waals surface area contributed by atoms with Crippen LogP contribution in [0.25, 0.3) is 77.2 Å². The molecule has 0 amide bonds. The number of aromatic nitrogens is 2. The van der Waals surface area contributed by atoms with Crippen LogP contribution in [-0.4, -0.2) is 9.13 Å². The van der Waals surface area contributed by atoms with E-state index in [4.69, 9.17) is 0 Å². The lowest BCUT2D eigenvalue weighted by Gasteiger charge is -2.37. The smallest absolute Gasteiger partial charge is 0.0701 e. The van der Waals surface area contributed by atoms with Crippen LogP contribution in [0.1, 0.15) is 22.3 Å². The van der Waals surface area contributed by atoms with Crippen molar-refractivity contribution in [3.8, 4) is 33.6 Å². The molecule has 0 saturated carbocycles. The first-order chi connectivity index (χ1) is 31.3. The van der Waals surface area contributed by atoms with Gasteiger partial charge in [0.05, 0.1) is 27.5 Å². The summed E-state index contributed by atoms with van der Waals surface area (Å²) in [6, 6.07) is 93.4. The Morgan fingerprint density at radius 1 is 0.222 bits per heavy atom. The number of nitrogens with zero attached hydrogens (tertiary/aromatic N) is 2. The summed E-state index contributed by atoms with van der Waals surface area (Å²) in [5.41, 5.74) is 16.1. The van der Waals surface area contributed by atoms with Gasteiger partial charge < -0.3 is 9.13 Å². The molecule has 0 saturated heterocycles. The van der Waals surface area contributed by atoms with Crippen molar-refractivity contribution in [3.05, 3.63) is 277 Å². The summed E-state index contributed by atoms with van der Waals surface area (Å²) >= 11 is 0. The van der Waals surface area contributed by atoms with Crippen molar-refractivity contribution >= 4 is 43.6 Å². The van der Waals surface area contributed by atoms with Crippen molar-refractivity contribution in [2.45, 2.75) is 5.41 Å². The molecule has 0 radical (unpaired) electrons. The minimum atomic E-state index is -0.574. The molecule has 12 rings (SSSR count). The summed E-state index contributed by atoms with van der Waals surface area (Å²) in [5, 5.41) is 4.92. The molecule has 63 heavy (non-hydrogen) atoms. The fourth-order valence-electron chi connectivity index (χ4n) is 10.2. The Bertz CT molecular complexity index is 3490. The molecule has 0 aliphatic heterocycles. The first-order valence-corrected chi connectivity index (χ1v) is 21.8. The number of fused-ring (bicyclic) bond motifs is 6. The second-order valence-corrected chi connectivity index (χ2v) is 16.5. The standard InChI is InChI=1S/C61H42N2/c1-6-19-43(20-7-1)44-21-18-30-52(39-44)63-59-37-34-46(45-33-36-58-54(40-45)53-31-16-17-32-57(53)62(58)51-28-14-5-15-29-51)41-55(59)56-42-50(35-38-60(56)63)61(47-22-8-2-9-23-47,48-24-10-3-11-25-48)49-26-12-4-13-27-49/h1-42H. The van der Waals surface area contributed by atoms with E-state index in [0.717, 1.165) is 11.4 Å². The van der Waals surface area contributed by atoms with Gasteiger partial charge >= 0.3 is 0 Å². The Morgan fingerprint density at radius 2 is 0.619 bits per heavy atom. The largest absolute Gasteiger partial charge is 0.309 e. The number of hydrogen-bond acceptors (Lipinski definition) is 0. The predicted octanol–water partition coefficient (Wildman–Crippen LogP) is 15.6. The van der Waals surface area contributed by atoms with Crippen LogP contribution < -0.4 is 0 Å². The van der Waals surface area contributed by atoms with Gasteiger partial charge in [-0.1, -0.05) is 188 Å². The van der Waals surface area contributed by atoms with Crippen molar-refractivity contribution in [1.29, 1.82) is 0 Å². The van der Waals surface area contributed by atoms with Gasteiger partial charge in [-0.3, -0.25) is 0 Å². The van der Waals surface area contributed by atoms with E-state index in [1.165, 1.54) is 88.1 Å². The zero-order chi connectivity index (χ0) is 41.7. The van der Waals surface area contributed by atoms with Gasteiger partial charge in [0.15, 0.2) is 0 Å². The van der Waals surface area contributed by atoms with Crippen LogP contribution in [-0.2, 0) is 5.41 Å². The Labute approximate surface area is 367 Å². The zero-order valence-electron chi connectivity index (χ0n) is 34.6. The fourth-order valence-corrected chi connectivity index (χ4v) is 10.2. The number of rotatable bonds is 8. The number of para-hydroxylation sites is 2. The molecular formula is C61H42N2. The normalized spacial score (nSPS) is 11.8. The molecule has 2 heteroatoms. The van der Waals surface area contributed by atoms with E-state index in [1.54, 1.807) is 0 Å². The first kappa shape index (κ1) is 36.6. The lowest BCUT2D eigenvalue weighted by Crippen LogP contribution is -2.30. The van der Waals surface area contributed by atoms with Gasteiger partial charge in [0.25, 0.3) is 0 Å². The van der Waals surface area contributed by atoms with Gasteiger partial charge in [-0.25, -0.2) is 0 Å². The molecule has 2 aromatic heterocycles. The SMILES string of the molecule is c1ccc(-c2cccc(-n3c4ccc(-c5ccc6c(c5)c5ccccc5n6-c5ccccc5)cc4c4cc(C(c5ccccc5)(c5ccccc5)c5ccccc5)ccc43)c2)cc1. The molecule has 0 aliphatic carbocycles. The van der Waals surface area contributed by atoms with E-state index >= 15 is 0 Å². The molecule has 296 valence electrons. The summed E-state index contributed by atoms with van der Waals surface area (Å²) in [6.45, 7) is 0. The highest BCUT2D eigenvalue weighted by molar-refractivity contribution is 6.13. The second-order valence-electron chi connectivity index (χ2n) is 16.5. The maximum atomic E-state index is 2.47. The van der Waals surface area contributed by atoms with E-state index in [-0.39, 0.29) is 0 Å². The van der Waals surface area contributed by atoms with Crippen molar-refractivity contribution in [2.24, 2.45) is 0 Å². The molecule has 10 aromatic carbocycles. The van der Waals surface area contributed by atoms with Gasteiger partial charge in [-0.05, 0) is 111 Å². The summed E-state index contributed by atoms with van der Waals surface area (Å²) < 4.78 is 4.84. The van der Waals surface area contributed by atoms with Crippen molar-refractivity contribution in [2.75, 3.05) is 0 Å². The minimum absolute atomic E-state index is 0.574. The molecule has 2 nitrogen and oxygen atoms in total. The molecule has 0 spiro atoms. The topological polar surface area (TPSA) is 9.86 Å². The maximum absolute atomic E-state index is 2.47. The van der Waals surface area contributed by atoms with Crippen molar-refractivity contribution in [3.63, 3.8) is 0 Å². The van der Waals surface area contributed by atoms with Crippen LogP contribution in [0, 0.1) is 0 Å². The second kappa shape index (κ2) is 15.1. The summed E-state index contributed by atoms with van der Waals surface area (Å²) in [5.74, 6) is 0. The van der Waals surface area contributed by atoms with Gasteiger partial charge in [0, 0.05) is 32.9 Å². The van der Waals surface area contributed by atoms with Gasteiger partial charge in [0.1, 0.15) is 0 Å². The third kappa shape index (κ3) is 5.95. The first-order valence-electron chi connectivity index (χ1n) is 21.8. The van der Waals surface area contributed by atoms with Gasteiger partial charge in [-0.15, -0.1) is 0 Å². The van der Waals surface area contributed by atoms with Crippen molar-refractivity contribution < 1.29 is 0 Å². The predicted molar refractivity (Wildman–Crippen MR) is 264 cm³/mol. The molecule has 0 bridgehead atoms. The summed E-state index contributed by atoms with van der Waals surface area (Å²) in [6.07, 6.45) is 0. The van der Waals surface area contributed by atoms with Gasteiger partial charge in [-0.2, -0.15) is 0 Å². The summed E-state index contributed by atoms with van der Waals surface area (Å²) in [7, 11) is 0. The highest BCUT2D eigenvalue weighted by Gasteiger charge is 2.38. The molecule has 12 aromatic rings. The van der Waals surface area contributed by atoms with Crippen LogP contribution >= 0.6 is 0 Å². The third-order valence-electron chi connectivity index (χ3n) is 13.1. The lowest BCUT2D eigenvalue weighted by molar-refractivity contribution is 0.746. The molecule has 0 aliphatic rings. The van der Waals surface area contributed by atoms with Crippen LogP contribution in [0.2, 0.25) is 0 Å². The average Bonchev–Trinajstić information content (AvgIpc) is 3.88. The Morgan fingerprint density at radius 3 is 1.21 bits per heavy atom. The molecule has 0 N–H and O–H groups in total. The Balaban J connectivity index is 1.13. The van der Waals surface area contributed by atoms with Crippen LogP contribution in [0.15, 0.2) is 255 Å². The highest BCUT2D eigenvalue weighted by Crippen LogP contribution is 2.47. The number of hydrogen-bond donors (Lipinski definition) is 0. The van der Waals surface area contributed by atoms with Crippen LogP contribution in [0.3, 0.4) is 0 Å². The van der Waals surface area contributed by atoms with Crippen LogP contribution in [0.5, 0.6) is 0 Å².